The number of nitrogens with zero attached hydrogens (tertiary/aromatic N) is 1. The minimum Gasteiger partial charge on any atom is -0.477 e. The number of rotatable bonds is 5. The second-order valence-corrected chi connectivity index (χ2v) is 5.31. The van der Waals surface area contributed by atoms with Crippen LogP contribution in [-0.4, -0.2) is 34.8 Å². The molecule has 0 aliphatic rings. The summed E-state index contributed by atoms with van der Waals surface area (Å²) < 4.78 is 0.693. The normalized spacial score (nSPS) is 10.1. The van der Waals surface area contributed by atoms with Crippen LogP contribution in [0.3, 0.4) is 0 Å². The highest BCUT2D eigenvalue weighted by Crippen LogP contribution is 2.27. The maximum absolute atomic E-state index is 10.9. The zero-order valence-electron chi connectivity index (χ0n) is 8.94. The third-order valence-electron chi connectivity index (χ3n) is 1.80. The molecule has 0 aliphatic carbocycles. The Labute approximate surface area is 101 Å². The molecule has 1 aromatic heterocycles. The molecule has 0 fully saturated rings. The Morgan fingerprint density at radius 2 is 2.25 bits per heavy atom. The van der Waals surface area contributed by atoms with Crippen molar-refractivity contribution >= 4 is 35.0 Å². The first-order valence-corrected chi connectivity index (χ1v) is 6.39. The van der Waals surface area contributed by atoms with Gasteiger partial charge in [-0.05, 0) is 6.92 Å². The highest BCUT2D eigenvalue weighted by atomic mass is 32.2. The van der Waals surface area contributed by atoms with Crippen molar-refractivity contribution in [3.8, 4) is 0 Å². The molecular formula is C9H12N2O3S2. The molecule has 1 aromatic rings. The molecule has 0 aliphatic heterocycles. The molecule has 7 heteroatoms. The first-order valence-electron chi connectivity index (χ1n) is 4.58. The zero-order chi connectivity index (χ0) is 12.1. The number of aryl methyl sites for hydroxylation is 1. The van der Waals surface area contributed by atoms with E-state index in [9.17, 15) is 9.59 Å². The monoisotopic (exact) mass is 260 g/mol. The molecule has 0 unspecified atom stereocenters. The lowest BCUT2D eigenvalue weighted by atomic mass is 10.4. The second-order valence-electron chi connectivity index (χ2n) is 2.97. The van der Waals surface area contributed by atoms with Gasteiger partial charge in [0.2, 0.25) is 5.91 Å². The minimum absolute atomic E-state index is 0.0285. The van der Waals surface area contributed by atoms with Gasteiger partial charge in [0.1, 0.15) is 4.88 Å². The SMILES string of the molecule is CNC(=O)CCSc1nc(C)c(C(=O)O)s1. The molecule has 0 saturated heterocycles. The molecule has 0 aromatic carbocycles. The van der Waals surface area contributed by atoms with Crippen molar-refractivity contribution in [2.75, 3.05) is 12.8 Å². The lowest BCUT2D eigenvalue weighted by Crippen LogP contribution is -2.17. The number of carbonyl (C=O) groups is 2. The Kier molecular flexibility index (Phi) is 4.75. The van der Waals surface area contributed by atoms with Gasteiger partial charge in [-0.3, -0.25) is 4.79 Å². The van der Waals surface area contributed by atoms with Crippen molar-refractivity contribution in [2.24, 2.45) is 0 Å². The standard InChI is InChI=1S/C9H12N2O3S2/c1-5-7(8(13)14)16-9(11-5)15-4-3-6(12)10-2/h3-4H2,1-2H3,(H,10,12)(H,13,14). The fraction of sp³-hybridized carbons (Fsp3) is 0.444. The quantitative estimate of drug-likeness (QED) is 0.782. The lowest BCUT2D eigenvalue weighted by molar-refractivity contribution is -0.120. The molecule has 88 valence electrons. The summed E-state index contributed by atoms with van der Waals surface area (Å²) in [4.78, 5) is 26.1. The van der Waals surface area contributed by atoms with Crippen molar-refractivity contribution in [3.05, 3.63) is 10.6 Å². The van der Waals surface area contributed by atoms with Gasteiger partial charge in [0.05, 0.1) is 5.69 Å². The number of carboxylic acids is 1. The summed E-state index contributed by atoms with van der Waals surface area (Å²) in [6.45, 7) is 1.67. The van der Waals surface area contributed by atoms with E-state index in [1.165, 1.54) is 11.8 Å². The van der Waals surface area contributed by atoms with Crippen molar-refractivity contribution in [1.82, 2.24) is 10.3 Å². The fourth-order valence-electron chi connectivity index (χ4n) is 0.988. The van der Waals surface area contributed by atoms with Gasteiger partial charge in [-0.25, -0.2) is 9.78 Å². The Bertz CT molecular complexity index is 403. The fourth-order valence-corrected chi connectivity index (χ4v) is 3.02. The van der Waals surface area contributed by atoms with Gasteiger partial charge in [-0.1, -0.05) is 11.8 Å². The molecule has 1 rings (SSSR count). The number of carboxylic acid groups (broad SMARTS) is 1. The van der Waals surface area contributed by atoms with E-state index < -0.39 is 5.97 Å². The van der Waals surface area contributed by atoms with Gasteiger partial charge in [0, 0.05) is 19.2 Å². The molecule has 0 atom stereocenters. The molecule has 2 N–H and O–H groups in total. The number of thioether (sulfide) groups is 1. The van der Waals surface area contributed by atoms with Crippen LogP contribution in [-0.2, 0) is 4.79 Å². The van der Waals surface area contributed by atoms with Crippen LogP contribution in [0.4, 0.5) is 0 Å². The van der Waals surface area contributed by atoms with Crippen molar-refractivity contribution in [3.63, 3.8) is 0 Å². The van der Waals surface area contributed by atoms with E-state index in [0.29, 0.717) is 22.2 Å². The van der Waals surface area contributed by atoms with Crippen molar-refractivity contribution < 1.29 is 14.7 Å². The summed E-state index contributed by atoms with van der Waals surface area (Å²) in [5.41, 5.74) is 0.528. The Balaban J connectivity index is 2.52. The molecular weight excluding hydrogens is 248 g/mol. The summed E-state index contributed by atoms with van der Waals surface area (Å²) in [5.74, 6) is -0.376. The number of carbonyl (C=O) groups excluding carboxylic acids is 1. The van der Waals surface area contributed by atoms with Gasteiger partial charge in [-0.15, -0.1) is 11.3 Å². The van der Waals surface area contributed by atoms with E-state index in [0.717, 1.165) is 11.3 Å². The number of aromatic nitrogens is 1. The van der Waals surface area contributed by atoms with E-state index in [2.05, 4.69) is 10.3 Å². The van der Waals surface area contributed by atoms with Gasteiger partial charge < -0.3 is 10.4 Å². The molecule has 0 bridgehead atoms. The average molecular weight is 260 g/mol. The van der Waals surface area contributed by atoms with E-state index in [-0.39, 0.29) is 10.8 Å². The van der Waals surface area contributed by atoms with Crippen LogP contribution in [0.15, 0.2) is 4.34 Å². The molecule has 1 amide bonds. The summed E-state index contributed by atoms with van der Waals surface area (Å²) in [6.07, 6.45) is 0.405. The summed E-state index contributed by atoms with van der Waals surface area (Å²) in [5, 5.41) is 11.4. The molecule has 0 spiro atoms. The average Bonchev–Trinajstić information content (AvgIpc) is 2.59. The van der Waals surface area contributed by atoms with Crippen molar-refractivity contribution in [1.29, 1.82) is 0 Å². The molecule has 16 heavy (non-hydrogen) atoms. The van der Waals surface area contributed by atoms with E-state index in [1.54, 1.807) is 14.0 Å². The zero-order valence-corrected chi connectivity index (χ0v) is 10.6. The minimum atomic E-state index is -0.951. The molecule has 0 radical (unpaired) electrons. The summed E-state index contributed by atoms with van der Waals surface area (Å²) in [7, 11) is 1.59. The first-order chi connectivity index (χ1) is 7.54. The smallest absolute Gasteiger partial charge is 0.347 e. The third-order valence-corrected chi connectivity index (χ3v) is 4.09. The number of nitrogens with one attached hydrogen (secondary N) is 1. The van der Waals surface area contributed by atoms with Crippen LogP contribution in [0.25, 0.3) is 0 Å². The lowest BCUT2D eigenvalue weighted by Gasteiger charge is -1.96. The maximum atomic E-state index is 10.9. The van der Waals surface area contributed by atoms with Gasteiger partial charge in [0.15, 0.2) is 4.34 Å². The summed E-state index contributed by atoms with van der Waals surface area (Å²) >= 11 is 2.55. The van der Waals surface area contributed by atoms with Crippen LogP contribution in [0, 0.1) is 6.92 Å². The van der Waals surface area contributed by atoms with Crippen LogP contribution >= 0.6 is 23.1 Å². The van der Waals surface area contributed by atoms with Crippen LogP contribution in [0.5, 0.6) is 0 Å². The van der Waals surface area contributed by atoms with Gasteiger partial charge in [0.25, 0.3) is 0 Å². The van der Waals surface area contributed by atoms with Crippen LogP contribution in [0.2, 0.25) is 0 Å². The Morgan fingerprint density at radius 1 is 1.56 bits per heavy atom. The predicted molar refractivity (Wildman–Crippen MR) is 63.2 cm³/mol. The van der Waals surface area contributed by atoms with Gasteiger partial charge >= 0.3 is 5.97 Å². The number of hydrogen-bond donors (Lipinski definition) is 2. The number of amides is 1. The predicted octanol–water partition coefficient (Wildman–Crippen LogP) is 1.38. The van der Waals surface area contributed by atoms with Crippen LogP contribution in [0.1, 0.15) is 21.8 Å². The first kappa shape index (κ1) is 13.0. The third kappa shape index (κ3) is 3.49. The highest BCUT2D eigenvalue weighted by molar-refractivity contribution is 8.01. The second kappa shape index (κ2) is 5.86. The van der Waals surface area contributed by atoms with Crippen LogP contribution < -0.4 is 5.32 Å². The Morgan fingerprint density at radius 3 is 2.75 bits per heavy atom. The van der Waals surface area contributed by atoms with E-state index in [4.69, 9.17) is 5.11 Å². The number of hydrogen-bond acceptors (Lipinski definition) is 5. The Hall–Kier alpha value is -1.08. The number of aromatic carboxylic acids is 1. The van der Waals surface area contributed by atoms with E-state index in [1.807, 2.05) is 0 Å². The highest BCUT2D eigenvalue weighted by Gasteiger charge is 2.14. The topological polar surface area (TPSA) is 79.3 Å². The maximum Gasteiger partial charge on any atom is 0.347 e. The van der Waals surface area contributed by atoms with Crippen molar-refractivity contribution in [2.45, 2.75) is 17.7 Å². The summed E-state index contributed by atoms with van der Waals surface area (Å²) in [6, 6.07) is 0. The van der Waals surface area contributed by atoms with Gasteiger partial charge in [-0.2, -0.15) is 0 Å². The van der Waals surface area contributed by atoms with E-state index >= 15 is 0 Å². The largest absolute Gasteiger partial charge is 0.477 e. The molecule has 1 heterocycles. The molecule has 5 nitrogen and oxygen atoms in total. The molecule has 0 saturated carbocycles. The number of thiazole rings is 1.